The van der Waals surface area contributed by atoms with Crippen molar-refractivity contribution < 1.29 is 42.5 Å². The van der Waals surface area contributed by atoms with Crippen LogP contribution in [0.2, 0.25) is 0 Å². The van der Waals surface area contributed by atoms with Gasteiger partial charge in [-0.3, -0.25) is 4.79 Å². The molecule has 0 aromatic carbocycles. The van der Waals surface area contributed by atoms with E-state index in [0.29, 0.717) is 50.5 Å². The number of oxazole rings is 1. The number of alkyl carbamates (subject to hydrolysis) is 1. The molecule has 1 aromatic rings. The maximum absolute atomic E-state index is 12.8. The molecule has 2 fully saturated rings. The number of cyclic esters (lactones) is 1. The highest BCUT2D eigenvalue weighted by atomic mass is 16.6. The number of nitrogens with one attached hydrogen (secondary N) is 1. The van der Waals surface area contributed by atoms with Crippen LogP contribution in [0.5, 0.6) is 0 Å². The van der Waals surface area contributed by atoms with Crippen LogP contribution in [0.4, 0.5) is 4.79 Å². The minimum absolute atomic E-state index is 0.0116. The summed E-state index contributed by atoms with van der Waals surface area (Å²) in [7, 11) is 3.01. The van der Waals surface area contributed by atoms with Gasteiger partial charge in [-0.25, -0.2) is 14.6 Å². The predicted molar refractivity (Wildman–Crippen MR) is 154 cm³/mol. The van der Waals surface area contributed by atoms with Gasteiger partial charge in [0.1, 0.15) is 18.5 Å². The molecule has 3 rings (SSSR count). The zero-order valence-corrected chi connectivity index (χ0v) is 25.3. The predicted octanol–water partition coefficient (Wildman–Crippen LogP) is 4.93. The molecule has 0 aliphatic carbocycles. The van der Waals surface area contributed by atoms with Crippen molar-refractivity contribution >= 4 is 24.1 Å². The fourth-order valence-electron chi connectivity index (χ4n) is 5.49. The molecule has 2 bridgehead atoms. The lowest BCUT2D eigenvalue weighted by Gasteiger charge is -2.37. The highest BCUT2D eigenvalue weighted by Crippen LogP contribution is 2.31. The third kappa shape index (κ3) is 12.0. The van der Waals surface area contributed by atoms with Crippen LogP contribution in [0.1, 0.15) is 83.2 Å². The number of hydrogen-bond donors (Lipinski definition) is 1. The summed E-state index contributed by atoms with van der Waals surface area (Å²) in [5, 5.41) is 2.53. The van der Waals surface area contributed by atoms with E-state index in [2.05, 4.69) is 28.9 Å². The van der Waals surface area contributed by atoms with Crippen LogP contribution in [-0.2, 0) is 39.7 Å². The molecule has 42 heavy (non-hydrogen) atoms. The molecular formula is C31H46N2O9. The zero-order chi connectivity index (χ0) is 30.3. The van der Waals surface area contributed by atoms with Crippen LogP contribution >= 0.6 is 0 Å². The van der Waals surface area contributed by atoms with Crippen molar-refractivity contribution in [2.75, 3.05) is 20.8 Å². The number of esters is 2. The Morgan fingerprint density at radius 2 is 1.90 bits per heavy atom. The quantitative estimate of drug-likeness (QED) is 0.215. The second kappa shape index (κ2) is 17.7. The summed E-state index contributed by atoms with van der Waals surface area (Å²) in [5.74, 6) is 0.0697. The Hall–Kier alpha value is -3.18. The number of fused-ring (bicyclic) bond motifs is 2. The number of hydrogen-bond acceptors (Lipinski definition) is 10. The van der Waals surface area contributed by atoms with Gasteiger partial charge in [-0.15, -0.1) is 0 Å². The van der Waals surface area contributed by atoms with Crippen molar-refractivity contribution in [2.45, 2.75) is 109 Å². The molecule has 6 atom stereocenters. The first-order chi connectivity index (χ1) is 20.3. The number of aryl methyl sites for hydroxylation is 1. The molecule has 4 unspecified atom stereocenters. The Bertz CT molecular complexity index is 1050. The van der Waals surface area contributed by atoms with Crippen molar-refractivity contribution in [3.05, 3.63) is 36.1 Å². The molecule has 11 heteroatoms. The van der Waals surface area contributed by atoms with Crippen LogP contribution in [0.15, 0.2) is 28.9 Å². The van der Waals surface area contributed by atoms with E-state index in [0.717, 1.165) is 31.4 Å². The van der Waals surface area contributed by atoms with Gasteiger partial charge in [0.15, 0.2) is 0 Å². The number of allylic oxidation sites excluding steroid dienone is 1. The summed E-state index contributed by atoms with van der Waals surface area (Å²) in [6.45, 7) is 4.56. The van der Waals surface area contributed by atoms with Gasteiger partial charge in [-0.05, 0) is 44.1 Å². The number of amides is 1. The smallest absolute Gasteiger partial charge is 0.407 e. The van der Waals surface area contributed by atoms with Crippen LogP contribution in [-0.4, -0.2) is 74.3 Å². The molecule has 0 spiro atoms. The van der Waals surface area contributed by atoms with Crippen molar-refractivity contribution in [3.63, 3.8) is 0 Å². The largest absolute Gasteiger partial charge is 0.462 e. The number of carbonyl (C=O) groups excluding carboxylic acids is 3. The summed E-state index contributed by atoms with van der Waals surface area (Å²) in [6.07, 6.45) is 13.1. The van der Waals surface area contributed by atoms with Gasteiger partial charge < -0.3 is 33.4 Å². The van der Waals surface area contributed by atoms with Gasteiger partial charge in [-0.2, -0.15) is 0 Å². The fraction of sp³-hybridized carbons (Fsp3) is 0.677. The monoisotopic (exact) mass is 590 g/mol. The molecule has 234 valence electrons. The van der Waals surface area contributed by atoms with Gasteiger partial charge in [-0.1, -0.05) is 32.4 Å². The topological polar surface area (TPSA) is 135 Å². The third-order valence-corrected chi connectivity index (χ3v) is 7.41. The van der Waals surface area contributed by atoms with Crippen molar-refractivity contribution in [1.29, 1.82) is 0 Å². The number of rotatable bonds is 11. The second-order valence-electron chi connectivity index (χ2n) is 11.1. The Kier molecular flexibility index (Phi) is 14.0. The highest BCUT2D eigenvalue weighted by molar-refractivity contribution is 5.82. The lowest BCUT2D eigenvalue weighted by atomic mass is 9.89. The van der Waals surface area contributed by atoms with E-state index < -0.39 is 12.1 Å². The average Bonchev–Trinajstić information content (AvgIpc) is 3.39. The molecular weight excluding hydrogens is 544 g/mol. The van der Waals surface area contributed by atoms with E-state index in [9.17, 15) is 14.4 Å². The third-order valence-electron chi connectivity index (χ3n) is 7.41. The van der Waals surface area contributed by atoms with Crippen LogP contribution < -0.4 is 5.32 Å². The molecule has 3 heterocycles. The Morgan fingerprint density at radius 1 is 1.10 bits per heavy atom. The Balaban J connectivity index is 1.49. The molecule has 1 aromatic heterocycles. The van der Waals surface area contributed by atoms with E-state index in [4.69, 9.17) is 23.4 Å². The molecule has 2 aliphatic rings. The summed E-state index contributed by atoms with van der Waals surface area (Å²) >= 11 is 0. The number of aromatic nitrogens is 1. The van der Waals surface area contributed by atoms with Crippen molar-refractivity contribution in [1.82, 2.24) is 10.3 Å². The van der Waals surface area contributed by atoms with Gasteiger partial charge in [0.2, 0.25) is 5.89 Å². The summed E-state index contributed by atoms with van der Waals surface area (Å²) in [5.41, 5.74) is 0.745. The standard InChI is InChI=1S/C31H46N2O9/c1-5-9-23-16-24(37-3)14-21(2)15-25-17-26(18-27(40-25)19-30(35)41-23)42-29(34)12-7-6-10-22-20-39-28(33-22)11-8-13-32-31(36)38-4/h7-8,11-12,20-21,23-27H,5-6,9-10,13-19H2,1-4H3,(H,32,36)/b11-8-,12-7-/t21?,23?,24?,25-,26-,27?/m1/s1. The summed E-state index contributed by atoms with van der Waals surface area (Å²) < 4.78 is 33.5. The van der Waals surface area contributed by atoms with Crippen LogP contribution in [0, 0.1) is 5.92 Å². The van der Waals surface area contributed by atoms with E-state index >= 15 is 0 Å². The number of nitrogens with zero attached hydrogens (tertiary/aromatic N) is 1. The molecule has 2 aliphatic heterocycles. The van der Waals surface area contributed by atoms with Gasteiger partial charge >= 0.3 is 18.0 Å². The average molecular weight is 591 g/mol. The van der Waals surface area contributed by atoms with Gasteiger partial charge in [0, 0.05) is 39.0 Å². The molecule has 1 N–H and O–H groups in total. The maximum atomic E-state index is 12.8. The summed E-state index contributed by atoms with van der Waals surface area (Å²) in [4.78, 5) is 40.8. The van der Waals surface area contributed by atoms with E-state index in [1.54, 1.807) is 31.6 Å². The Labute approximate surface area is 248 Å². The molecule has 1 amide bonds. The molecule has 0 saturated carbocycles. The normalized spacial score (nSPS) is 27.2. The SMILES string of the molecule is CCCC1CC(OC)CC(C)C[C@@H]2C[C@@H](OC(=O)/C=C\CCc3coc(/C=C\CNC(=O)OC)n3)CC(CC(=O)O1)O2. The van der Waals surface area contributed by atoms with Gasteiger partial charge in [0.25, 0.3) is 0 Å². The lowest BCUT2D eigenvalue weighted by Crippen LogP contribution is -2.41. The van der Waals surface area contributed by atoms with E-state index in [1.165, 1.54) is 13.2 Å². The van der Waals surface area contributed by atoms with Crippen molar-refractivity contribution in [2.24, 2.45) is 5.92 Å². The van der Waals surface area contributed by atoms with E-state index in [-0.39, 0.29) is 42.9 Å². The summed E-state index contributed by atoms with van der Waals surface area (Å²) in [6, 6.07) is 0. The number of ether oxygens (including phenoxy) is 5. The minimum atomic E-state index is -0.513. The van der Waals surface area contributed by atoms with Crippen LogP contribution in [0.3, 0.4) is 0 Å². The second-order valence-corrected chi connectivity index (χ2v) is 11.1. The number of methoxy groups -OCH3 is 2. The molecule has 2 saturated heterocycles. The Morgan fingerprint density at radius 3 is 2.67 bits per heavy atom. The lowest BCUT2D eigenvalue weighted by molar-refractivity contribution is -0.168. The zero-order valence-electron chi connectivity index (χ0n) is 25.3. The molecule has 0 radical (unpaired) electrons. The maximum Gasteiger partial charge on any atom is 0.407 e. The fourth-order valence-corrected chi connectivity index (χ4v) is 5.49. The minimum Gasteiger partial charge on any atom is -0.462 e. The highest BCUT2D eigenvalue weighted by Gasteiger charge is 2.35. The molecule has 11 nitrogen and oxygen atoms in total. The first kappa shape index (κ1) is 33.3. The first-order valence-corrected chi connectivity index (χ1v) is 15.0. The van der Waals surface area contributed by atoms with Crippen LogP contribution in [0.25, 0.3) is 6.08 Å². The first-order valence-electron chi connectivity index (χ1n) is 15.0. The van der Waals surface area contributed by atoms with Crippen molar-refractivity contribution in [3.8, 4) is 0 Å². The number of carbonyl (C=O) groups is 3. The van der Waals surface area contributed by atoms with Gasteiger partial charge in [0.05, 0.1) is 37.5 Å². The van der Waals surface area contributed by atoms with E-state index in [1.807, 2.05) is 0 Å².